The molecule has 0 bridgehead atoms. The van der Waals surface area contributed by atoms with Gasteiger partial charge in [0.1, 0.15) is 11.2 Å². The van der Waals surface area contributed by atoms with Crippen LogP contribution in [0.3, 0.4) is 0 Å². The van der Waals surface area contributed by atoms with Crippen LogP contribution in [0.4, 0.5) is 0 Å². The van der Waals surface area contributed by atoms with E-state index in [2.05, 4.69) is 188 Å². The number of para-hydroxylation sites is 2. The van der Waals surface area contributed by atoms with Gasteiger partial charge in [0.2, 0.25) is 0 Å². The predicted octanol–water partition coefficient (Wildman–Crippen LogP) is 16.1. The Morgan fingerprint density at radius 2 is 0.786 bits per heavy atom. The lowest BCUT2D eigenvalue weighted by atomic mass is 9.82. The molecule has 2 aromatic heterocycles. The van der Waals surface area contributed by atoms with Crippen molar-refractivity contribution < 1.29 is 4.42 Å². The highest BCUT2D eigenvalue weighted by atomic mass is 32.1. The minimum atomic E-state index is 0.913. The summed E-state index contributed by atoms with van der Waals surface area (Å²) in [7, 11) is 0. The van der Waals surface area contributed by atoms with E-state index in [-0.39, 0.29) is 0 Å². The Bertz CT molecular complexity index is 3490. The van der Waals surface area contributed by atoms with E-state index in [1.165, 1.54) is 91.4 Å². The zero-order chi connectivity index (χ0) is 36.7. The summed E-state index contributed by atoms with van der Waals surface area (Å²) in [6, 6.07) is 71.0. The van der Waals surface area contributed by atoms with E-state index in [9.17, 15) is 0 Å². The third-order valence-electron chi connectivity index (χ3n) is 11.7. The van der Waals surface area contributed by atoms with Crippen molar-refractivity contribution >= 4 is 85.8 Å². The van der Waals surface area contributed by atoms with Crippen molar-refractivity contribution in [2.75, 3.05) is 0 Å². The molecule has 1 nitrogen and oxygen atoms in total. The van der Waals surface area contributed by atoms with Gasteiger partial charge in [0, 0.05) is 36.5 Å². The Morgan fingerprint density at radius 3 is 1.52 bits per heavy atom. The number of benzene rings is 10. The molecule has 2 heteroatoms. The van der Waals surface area contributed by atoms with Gasteiger partial charge in [-0.15, -0.1) is 11.3 Å². The SMILES string of the molecule is c1ccc(-c2c3ccccc3c(-c3ccc(-c4cccc5c4oc4ccccc45)c4ccccc34)c3ccccc23)c(-c2ccc3sc4ccccc4c3c2)c1. The van der Waals surface area contributed by atoms with E-state index < -0.39 is 0 Å². The molecule has 0 aliphatic carbocycles. The van der Waals surface area contributed by atoms with Gasteiger partial charge < -0.3 is 4.42 Å². The lowest BCUT2D eigenvalue weighted by Crippen LogP contribution is -1.94. The fourth-order valence-corrected chi connectivity index (χ4v) is 10.4. The highest BCUT2D eigenvalue weighted by Gasteiger charge is 2.22. The first-order valence-corrected chi connectivity index (χ1v) is 20.0. The van der Waals surface area contributed by atoms with Crippen LogP contribution in [-0.4, -0.2) is 0 Å². The first-order chi connectivity index (χ1) is 27.8. The molecule has 0 atom stereocenters. The molecule has 0 saturated heterocycles. The molecular weight excluding hydrogens is 697 g/mol. The second kappa shape index (κ2) is 12.3. The zero-order valence-electron chi connectivity index (χ0n) is 30.3. The third-order valence-corrected chi connectivity index (χ3v) is 12.9. The van der Waals surface area contributed by atoms with E-state index in [0.29, 0.717) is 0 Å². The predicted molar refractivity (Wildman–Crippen MR) is 241 cm³/mol. The van der Waals surface area contributed by atoms with Crippen molar-refractivity contribution in [2.24, 2.45) is 0 Å². The summed E-state index contributed by atoms with van der Waals surface area (Å²) in [5.74, 6) is 0. The minimum absolute atomic E-state index is 0.913. The Morgan fingerprint density at radius 1 is 0.286 bits per heavy atom. The van der Waals surface area contributed by atoms with E-state index in [1.54, 1.807) is 0 Å². The van der Waals surface area contributed by atoms with E-state index in [0.717, 1.165) is 27.5 Å². The van der Waals surface area contributed by atoms with E-state index in [1.807, 2.05) is 17.4 Å². The maximum absolute atomic E-state index is 6.55. The van der Waals surface area contributed by atoms with Crippen LogP contribution < -0.4 is 0 Å². The number of fused-ring (bicyclic) bond motifs is 9. The zero-order valence-corrected chi connectivity index (χ0v) is 31.1. The van der Waals surface area contributed by atoms with Crippen molar-refractivity contribution in [2.45, 2.75) is 0 Å². The van der Waals surface area contributed by atoms with Crippen molar-refractivity contribution in [3.05, 3.63) is 194 Å². The second-order valence-electron chi connectivity index (χ2n) is 14.7. The summed E-state index contributed by atoms with van der Waals surface area (Å²) in [6.07, 6.45) is 0. The molecule has 0 amide bonds. The van der Waals surface area contributed by atoms with Crippen LogP contribution in [0.1, 0.15) is 0 Å². The molecule has 0 spiro atoms. The van der Waals surface area contributed by atoms with Gasteiger partial charge in [0.25, 0.3) is 0 Å². The summed E-state index contributed by atoms with van der Waals surface area (Å²) >= 11 is 1.87. The quantitative estimate of drug-likeness (QED) is 0.165. The average Bonchev–Trinajstić information content (AvgIpc) is 3.84. The van der Waals surface area contributed by atoms with Crippen molar-refractivity contribution in [3.8, 4) is 44.5 Å². The lowest BCUT2D eigenvalue weighted by molar-refractivity contribution is 0.670. The third kappa shape index (κ3) is 4.60. The van der Waals surface area contributed by atoms with Gasteiger partial charge in [0.05, 0.1) is 0 Å². The first kappa shape index (κ1) is 31.4. The average molecular weight is 729 g/mol. The maximum Gasteiger partial charge on any atom is 0.143 e. The standard InChI is InChI=1S/C54H32OS/c1-4-19-40(34(14-1)33-28-31-51-48(32-33)39-18-10-12-27-50(39)56-51)52-41-20-5-7-22-43(41)53(44-23-8-6-21-42(44)52)45-30-29-37(35-15-2-3-16-36(35)45)46-24-13-25-47-38-17-9-11-26-49(38)55-54(46)47/h1-32H. The summed E-state index contributed by atoms with van der Waals surface area (Å²) < 4.78 is 9.20. The number of rotatable bonds is 4. The van der Waals surface area contributed by atoms with Gasteiger partial charge in [-0.05, 0) is 95.5 Å². The van der Waals surface area contributed by atoms with Crippen LogP contribution in [0.15, 0.2) is 199 Å². The van der Waals surface area contributed by atoms with Gasteiger partial charge in [0.15, 0.2) is 0 Å². The lowest BCUT2D eigenvalue weighted by Gasteiger charge is -2.21. The molecular formula is C54H32OS. The van der Waals surface area contributed by atoms with Crippen LogP contribution in [0.25, 0.3) is 119 Å². The summed E-state index contributed by atoms with van der Waals surface area (Å²) in [4.78, 5) is 0. The Kier molecular flexibility index (Phi) is 6.87. The normalized spacial score (nSPS) is 11.9. The number of hydrogen-bond acceptors (Lipinski definition) is 2. The number of thiophene rings is 1. The van der Waals surface area contributed by atoms with Crippen molar-refractivity contribution in [3.63, 3.8) is 0 Å². The first-order valence-electron chi connectivity index (χ1n) is 19.2. The number of hydrogen-bond donors (Lipinski definition) is 0. The van der Waals surface area contributed by atoms with Gasteiger partial charge in [-0.25, -0.2) is 0 Å². The van der Waals surface area contributed by atoms with E-state index in [4.69, 9.17) is 4.42 Å². The van der Waals surface area contributed by atoms with Gasteiger partial charge >= 0.3 is 0 Å². The smallest absolute Gasteiger partial charge is 0.143 e. The summed E-state index contributed by atoms with van der Waals surface area (Å²) in [5.41, 5.74) is 11.6. The van der Waals surface area contributed by atoms with Crippen LogP contribution in [0.5, 0.6) is 0 Å². The molecule has 0 radical (unpaired) electrons. The maximum atomic E-state index is 6.55. The van der Waals surface area contributed by atoms with Crippen LogP contribution in [0.2, 0.25) is 0 Å². The fraction of sp³-hybridized carbons (Fsp3) is 0. The van der Waals surface area contributed by atoms with Crippen LogP contribution in [-0.2, 0) is 0 Å². The highest BCUT2D eigenvalue weighted by molar-refractivity contribution is 7.25. The molecule has 0 aliphatic rings. The van der Waals surface area contributed by atoms with Gasteiger partial charge in [-0.1, -0.05) is 170 Å². The monoisotopic (exact) mass is 728 g/mol. The molecule has 0 aliphatic heterocycles. The molecule has 0 unspecified atom stereocenters. The largest absolute Gasteiger partial charge is 0.455 e. The molecule has 0 N–H and O–H groups in total. The van der Waals surface area contributed by atoms with E-state index >= 15 is 0 Å². The summed E-state index contributed by atoms with van der Waals surface area (Å²) in [5, 5.41) is 12.3. The fourth-order valence-electron chi connectivity index (χ4n) is 9.27. The Hall–Kier alpha value is -7.00. The van der Waals surface area contributed by atoms with Gasteiger partial charge in [-0.2, -0.15) is 0 Å². The van der Waals surface area contributed by atoms with Crippen LogP contribution in [0, 0.1) is 0 Å². The van der Waals surface area contributed by atoms with Crippen molar-refractivity contribution in [1.29, 1.82) is 0 Å². The molecule has 10 aromatic carbocycles. The Labute approximate surface area is 327 Å². The molecule has 56 heavy (non-hydrogen) atoms. The molecule has 260 valence electrons. The minimum Gasteiger partial charge on any atom is -0.455 e. The molecule has 12 aromatic rings. The summed E-state index contributed by atoms with van der Waals surface area (Å²) in [6.45, 7) is 0. The molecule has 12 rings (SSSR count). The molecule has 0 fully saturated rings. The topological polar surface area (TPSA) is 13.1 Å². The Balaban J connectivity index is 1.11. The second-order valence-corrected chi connectivity index (χ2v) is 15.8. The van der Waals surface area contributed by atoms with Gasteiger partial charge in [-0.3, -0.25) is 0 Å². The number of furan rings is 1. The molecule has 0 saturated carbocycles. The molecule has 2 heterocycles. The highest BCUT2D eigenvalue weighted by Crippen LogP contribution is 2.49. The van der Waals surface area contributed by atoms with Crippen molar-refractivity contribution in [1.82, 2.24) is 0 Å². The van der Waals surface area contributed by atoms with Crippen LogP contribution >= 0.6 is 11.3 Å².